The number of nitrogens with one attached hydrogen (secondary N) is 2. The van der Waals surface area contributed by atoms with Crippen LogP contribution in [0.2, 0.25) is 0 Å². The number of halogens is 2. The Morgan fingerprint density at radius 1 is 1.40 bits per heavy atom. The number of hydrogen-bond donors (Lipinski definition) is 2. The number of hydrogen-bond acceptors (Lipinski definition) is 2. The third kappa shape index (κ3) is 6.19. The molecule has 0 atom stereocenters. The molecule has 0 aliphatic rings. The molecule has 6 heteroatoms. The molecule has 20 heavy (non-hydrogen) atoms. The van der Waals surface area contributed by atoms with Crippen LogP contribution in [0, 0.1) is 17.1 Å². The summed E-state index contributed by atoms with van der Waals surface area (Å²) >= 11 is 0. The van der Waals surface area contributed by atoms with Gasteiger partial charge in [-0.05, 0) is 18.6 Å². The summed E-state index contributed by atoms with van der Waals surface area (Å²) in [5.41, 5.74) is 0.837. The van der Waals surface area contributed by atoms with Crippen LogP contribution in [0.3, 0.4) is 0 Å². The highest BCUT2D eigenvalue weighted by molar-refractivity contribution is 14.0. The second-order valence-corrected chi connectivity index (χ2v) is 4.12. The van der Waals surface area contributed by atoms with E-state index in [0.29, 0.717) is 23.6 Å². The van der Waals surface area contributed by atoms with Crippen molar-refractivity contribution in [2.75, 3.05) is 13.6 Å². The summed E-state index contributed by atoms with van der Waals surface area (Å²) < 4.78 is 13.6. The Hall–Kier alpha value is -1.36. The number of unbranched alkanes of at least 4 members (excludes halogenated alkanes) is 1. The highest BCUT2D eigenvalue weighted by Crippen LogP contribution is 2.09. The maximum atomic E-state index is 13.6. The van der Waals surface area contributed by atoms with Crippen molar-refractivity contribution in [3.05, 3.63) is 35.1 Å². The van der Waals surface area contributed by atoms with Crippen LogP contribution in [0.4, 0.5) is 4.39 Å². The quantitative estimate of drug-likeness (QED) is 0.352. The molecule has 0 amide bonds. The van der Waals surface area contributed by atoms with Gasteiger partial charge in [0.1, 0.15) is 5.82 Å². The summed E-state index contributed by atoms with van der Waals surface area (Å²) in [5, 5.41) is 14.9. The van der Waals surface area contributed by atoms with Crippen LogP contribution in [-0.2, 0) is 6.54 Å². The first-order valence-electron chi connectivity index (χ1n) is 6.34. The van der Waals surface area contributed by atoms with Crippen LogP contribution >= 0.6 is 24.0 Å². The van der Waals surface area contributed by atoms with E-state index in [9.17, 15) is 4.39 Å². The summed E-state index contributed by atoms with van der Waals surface area (Å²) in [6, 6.07) is 6.37. The van der Waals surface area contributed by atoms with Crippen molar-refractivity contribution in [3.63, 3.8) is 0 Å². The summed E-state index contributed by atoms with van der Waals surface area (Å²) in [6.07, 6.45) is 2.17. The molecule has 0 saturated heterocycles. The zero-order chi connectivity index (χ0) is 14.1. The average molecular weight is 390 g/mol. The van der Waals surface area contributed by atoms with E-state index < -0.39 is 0 Å². The fourth-order valence-corrected chi connectivity index (χ4v) is 1.54. The van der Waals surface area contributed by atoms with Crippen molar-refractivity contribution in [3.8, 4) is 6.07 Å². The molecule has 0 spiro atoms. The lowest BCUT2D eigenvalue weighted by Crippen LogP contribution is -2.37. The Kier molecular flexibility index (Phi) is 9.72. The Morgan fingerprint density at radius 2 is 2.15 bits per heavy atom. The van der Waals surface area contributed by atoms with Crippen LogP contribution in [0.15, 0.2) is 23.2 Å². The Bertz CT molecular complexity index is 483. The van der Waals surface area contributed by atoms with E-state index in [4.69, 9.17) is 5.26 Å². The highest BCUT2D eigenvalue weighted by atomic mass is 127. The number of rotatable bonds is 5. The first kappa shape index (κ1) is 18.6. The minimum Gasteiger partial charge on any atom is -0.356 e. The van der Waals surface area contributed by atoms with E-state index >= 15 is 0 Å². The number of guanidine groups is 1. The summed E-state index contributed by atoms with van der Waals surface area (Å²) in [6.45, 7) is 3.29. The molecule has 0 saturated carbocycles. The fraction of sp³-hybridized carbons (Fsp3) is 0.429. The number of nitrogens with zero attached hydrogens (tertiary/aromatic N) is 2. The van der Waals surface area contributed by atoms with Gasteiger partial charge in [0.15, 0.2) is 5.96 Å². The Balaban J connectivity index is 0.00000361. The van der Waals surface area contributed by atoms with Gasteiger partial charge in [0.2, 0.25) is 0 Å². The van der Waals surface area contributed by atoms with Gasteiger partial charge in [0, 0.05) is 25.7 Å². The van der Waals surface area contributed by atoms with Crippen molar-refractivity contribution in [2.24, 2.45) is 4.99 Å². The molecule has 0 bridgehead atoms. The molecule has 0 unspecified atom stereocenters. The summed E-state index contributed by atoms with van der Waals surface area (Å²) in [5.74, 6) is 0.271. The molecular formula is C14H20FIN4. The molecule has 0 fully saturated rings. The van der Waals surface area contributed by atoms with E-state index in [-0.39, 0.29) is 29.8 Å². The Morgan fingerprint density at radius 3 is 2.70 bits per heavy atom. The van der Waals surface area contributed by atoms with E-state index in [0.717, 1.165) is 19.4 Å². The number of benzene rings is 1. The lowest BCUT2D eigenvalue weighted by atomic mass is 10.1. The van der Waals surface area contributed by atoms with Gasteiger partial charge in [0.25, 0.3) is 0 Å². The second kappa shape index (κ2) is 10.4. The fourth-order valence-electron chi connectivity index (χ4n) is 1.54. The average Bonchev–Trinajstić information content (AvgIpc) is 2.43. The second-order valence-electron chi connectivity index (χ2n) is 4.12. The van der Waals surface area contributed by atoms with Crippen molar-refractivity contribution in [1.82, 2.24) is 10.6 Å². The van der Waals surface area contributed by atoms with Gasteiger partial charge >= 0.3 is 0 Å². The van der Waals surface area contributed by atoms with E-state index in [1.54, 1.807) is 19.2 Å². The third-order valence-corrected chi connectivity index (χ3v) is 2.67. The van der Waals surface area contributed by atoms with Crippen LogP contribution in [-0.4, -0.2) is 19.6 Å². The molecular weight excluding hydrogens is 370 g/mol. The predicted octanol–water partition coefficient (Wildman–Crippen LogP) is 2.78. The summed E-state index contributed by atoms with van der Waals surface area (Å²) in [7, 11) is 1.68. The lowest BCUT2D eigenvalue weighted by Gasteiger charge is -2.12. The van der Waals surface area contributed by atoms with Gasteiger partial charge in [0.05, 0.1) is 11.6 Å². The van der Waals surface area contributed by atoms with Crippen LogP contribution in [0.5, 0.6) is 0 Å². The molecule has 4 nitrogen and oxygen atoms in total. The van der Waals surface area contributed by atoms with Gasteiger partial charge in [-0.15, -0.1) is 24.0 Å². The largest absolute Gasteiger partial charge is 0.356 e. The number of aliphatic imine (C=N–C) groups is 1. The first-order chi connectivity index (χ1) is 9.21. The molecule has 0 aliphatic carbocycles. The molecule has 1 rings (SSSR count). The zero-order valence-corrected chi connectivity index (χ0v) is 14.1. The minimum atomic E-state index is -0.379. The number of nitriles is 1. The van der Waals surface area contributed by atoms with Crippen molar-refractivity contribution in [1.29, 1.82) is 5.26 Å². The summed E-state index contributed by atoms with van der Waals surface area (Å²) in [4.78, 5) is 4.06. The standard InChI is InChI=1S/C14H19FN4.HI/c1-3-4-7-18-14(17-2)19-10-12-6-5-11(9-16)8-13(12)15;/h5-6,8H,3-4,7,10H2,1-2H3,(H2,17,18,19);1H. The van der Waals surface area contributed by atoms with Gasteiger partial charge in [-0.3, -0.25) is 4.99 Å². The first-order valence-corrected chi connectivity index (χ1v) is 6.34. The van der Waals surface area contributed by atoms with Crippen LogP contribution < -0.4 is 10.6 Å². The zero-order valence-electron chi connectivity index (χ0n) is 11.7. The SMILES string of the molecule is CCCCNC(=NC)NCc1ccc(C#N)cc1F.I. The lowest BCUT2D eigenvalue weighted by molar-refractivity contribution is 0.604. The van der Waals surface area contributed by atoms with Crippen molar-refractivity contribution in [2.45, 2.75) is 26.3 Å². The maximum Gasteiger partial charge on any atom is 0.191 e. The monoisotopic (exact) mass is 390 g/mol. The molecule has 1 aromatic rings. The molecule has 0 aliphatic heterocycles. The van der Waals surface area contributed by atoms with Gasteiger partial charge in [-0.25, -0.2) is 4.39 Å². The predicted molar refractivity (Wildman–Crippen MR) is 89.6 cm³/mol. The van der Waals surface area contributed by atoms with Gasteiger partial charge in [-0.2, -0.15) is 5.26 Å². The smallest absolute Gasteiger partial charge is 0.191 e. The van der Waals surface area contributed by atoms with Gasteiger partial charge in [-0.1, -0.05) is 19.4 Å². The molecule has 1 aromatic carbocycles. The van der Waals surface area contributed by atoms with Crippen LogP contribution in [0.1, 0.15) is 30.9 Å². The molecule has 2 N–H and O–H groups in total. The van der Waals surface area contributed by atoms with Crippen molar-refractivity contribution >= 4 is 29.9 Å². The Labute approximate surface area is 136 Å². The molecule has 110 valence electrons. The van der Waals surface area contributed by atoms with E-state index in [1.165, 1.54) is 6.07 Å². The normalized spacial score (nSPS) is 10.4. The minimum absolute atomic E-state index is 0. The molecule has 0 aromatic heterocycles. The van der Waals surface area contributed by atoms with Crippen molar-refractivity contribution < 1.29 is 4.39 Å². The van der Waals surface area contributed by atoms with E-state index in [2.05, 4.69) is 22.5 Å². The highest BCUT2D eigenvalue weighted by Gasteiger charge is 2.04. The molecule has 0 heterocycles. The van der Waals surface area contributed by atoms with Crippen LogP contribution in [0.25, 0.3) is 0 Å². The van der Waals surface area contributed by atoms with E-state index in [1.807, 2.05) is 6.07 Å². The third-order valence-electron chi connectivity index (χ3n) is 2.67. The molecule has 0 radical (unpaired) electrons. The topological polar surface area (TPSA) is 60.2 Å². The maximum absolute atomic E-state index is 13.6. The van der Waals surface area contributed by atoms with Gasteiger partial charge < -0.3 is 10.6 Å².